The van der Waals surface area contributed by atoms with Crippen LogP contribution >= 0.6 is 0 Å². The van der Waals surface area contributed by atoms with Crippen molar-refractivity contribution in [3.63, 3.8) is 0 Å². The summed E-state index contributed by atoms with van der Waals surface area (Å²) in [5.41, 5.74) is 0.356. The number of imide groups is 1. The van der Waals surface area contributed by atoms with Crippen molar-refractivity contribution in [3.05, 3.63) is 58.9 Å². The average molecular weight is 526 g/mol. The van der Waals surface area contributed by atoms with Gasteiger partial charge in [-0.15, -0.1) is 0 Å². The van der Waals surface area contributed by atoms with Gasteiger partial charge in [0.05, 0.1) is 7.11 Å². The smallest absolute Gasteiger partial charge is 0.418 e. The first-order chi connectivity index (χ1) is 17.7. The van der Waals surface area contributed by atoms with Crippen molar-refractivity contribution in [2.24, 2.45) is 0 Å². The number of cyclic esters (lactones) is 1. The van der Waals surface area contributed by atoms with Crippen LogP contribution in [0.25, 0.3) is 0 Å². The third-order valence-electron chi connectivity index (χ3n) is 6.81. The largest absolute Gasteiger partial charge is 0.497 e. The number of amides is 4. The standard InChI is InChI=1S/C28H32FN3O6/c1-27(2,3)20-10-7-17(14-21(20)29)30-24(34)23-19-9-8-18(37-6)13-16(19)11-12-31(23)22(33)15-32-25(35)28(4,5)38-26(32)36/h7-10,13-14,23H,11-12,15H2,1-6H3,(H,30,34). The van der Waals surface area contributed by atoms with Gasteiger partial charge in [0, 0.05) is 12.2 Å². The molecule has 1 saturated heterocycles. The van der Waals surface area contributed by atoms with Crippen LogP contribution in [0.1, 0.15) is 57.4 Å². The van der Waals surface area contributed by atoms with Crippen molar-refractivity contribution in [1.29, 1.82) is 0 Å². The molecule has 2 aliphatic heterocycles. The number of hydrogen-bond donors (Lipinski definition) is 1. The van der Waals surface area contributed by atoms with E-state index in [0.29, 0.717) is 23.3 Å². The van der Waals surface area contributed by atoms with E-state index in [1.54, 1.807) is 30.3 Å². The highest BCUT2D eigenvalue weighted by Gasteiger charge is 2.49. The summed E-state index contributed by atoms with van der Waals surface area (Å²) < 4.78 is 25.2. The molecule has 4 amide bonds. The predicted octanol–water partition coefficient (Wildman–Crippen LogP) is 3.95. The van der Waals surface area contributed by atoms with Gasteiger partial charge in [-0.25, -0.2) is 14.1 Å². The molecule has 2 aliphatic rings. The Morgan fingerprint density at radius 2 is 1.87 bits per heavy atom. The van der Waals surface area contributed by atoms with Crippen LogP contribution in [0.2, 0.25) is 0 Å². The van der Waals surface area contributed by atoms with E-state index in [-0.39, 0.29) is 12.2 Å². The number of hydrogen-bond acceptors (Lipinski definition) is 6. The quantitative estimate of drug-likeness (QED) is 0.634. The fraction of sp³-hybridized carbons (Fsp3) is 0.429. The summed E-state index contributed by atoms with van der Waals surface area (Å²) in [4.78, 5) is 54.0. The molecule has 1 N–H and O–H groups in total. The Hall–Kier alpha value is -3.95. The third kappa shape index (κ3) is 5.07. The summed E-state index contributed by atoms with van der Waals surface area (Å²) in [6.07, 6.45) is -0.480. The Morgan fingerprint density at radius 3 is 2.45 bits per heavy atom. The molecule has 1 fully saturated rings. The maximum Gasteiger partial charge on any atom is 0.418 e. The lowest BCUT2D eigenvalue weighted by molar-refractivity contribution is -0.143. The first-order valence-corrected chi connectivity index (χ1v) is 12.3. The van der Waals surface area contributed by atoms with Gasteiger partial charge in [0.2, 0.25) is 5.91 Å². The van der Waals surface area contributed by atoms with Gasteiger partial charge in [0.15, 0.2) is 5.60 Å². The number of carbonyl (C=O) groups excluding carboxylic acids is 4. The molecule has 2 aromatic rings. The van der Waals surface area contributed by atoms with Crippen LogP contribution in [0.5, 0.6) is 5.75 Å². The molecule has 0 spiro atoms. The van der Waals surface area contributed by atoms with E-state index >= 15 is 0 Å². The predicted molar refractivity (Wildman–Crippen MR) is 137 cm³/mol. The second-order valence-electron chi connectivity index (χ2n) is 11.0. The maximum absolute atomic E-state index is 14.8. The molecule has 0 saturated carbocycles. The SMILES string of the molecule is COc1ccc2c(c1)CCN(C(=O)CN1C(=O)OC(C)(C)C1=O)C2C(=O)Nc1ccc(C(C)(C)C)c(F)c1. The molecular weight excluding hydrogens is 493 g/mol. The fourth-order valence-corrected chi connectivity index (χ4v) is 4.78. The molecule has 0 radical (unpaired) electrons. The van der Waals surface area contributed by atoms with Crippen molar-refractivity contribution < 1.29 is 33.0 Å². The van der Waals surface area contributed by atoms with Crippen LogP contribution in [-0.2, 0) is 31.0 Å². The molecule has 38 heavy (non-hydrogen) atoms. The zero-order chi connectivity index (χ0) is 28.0. The van der Waals surface area contributed by atoms with E-state index in [1.807, 2.05) is 20.8 Å². The summed E-state index contributed by atoms with van der Waals surface area (Å²) in [7, 11) is 1.54. The normalized spacial score (nSPS) is 18.7. The fourth-order valence-electron chi connectivity index (χ4n) is 4.78. The Balaban J connectivity index is 1.64. The monoisotopic (exact) mass is 525 g/mol. The minimum atomic E-state index is -1.37. The molecule has 1 unspecified atom stereocenters. The highest BCUT2D eigenvalue weighted by Crippen LogP contribution is 2.35. The van der Waals surface area contributed by atoms with Crippen LogP contribution in [0.4, 0.5) is 14.9 Å². The Labute approximate surface area is 220 Å². The highest BCUT2D eigenvalue weighted by atomic mass is 19.1. The first kappa shape index (κ1) is 27.1. The van der Waals surface area contributed by atoms with Gasteiger partial charge < -0.3 is 19.7 Å². The summed E-state index contributed by atoms with van der Waals surface area (Å²) >= 11 is 0. The number of ether oxygens (including phenoxy) is 2. The first-order valence-electron chi connectivity index (χ1n) is 12.3. The lowest BCUT2D eigenvalue weighted by Gasteiger charge is -2.37. The number of methoxy groups -OCH3 is 1. The van der Waals surface area contributed by atoms with E-state index in [9.17, 15) is 23.6 Å². The van der Waals surface area contributed by atoms with Gasteiger partial charge in [0.1, 0.15) is 24.2 Å². The molecule has 1 atom stereocenters. The summed E-state index contributed by atoms with van der Waals surface area (Å²) in [5, 5.41) is 2.73. The molecule has 2 aromatic carbocycles. The lowest BCUT2D eigenvalue weighted by Crippen LogP contribution is -2.50. The molecule has 9 nitrogen and oxygen atoms in total. The van der Waals surface area contributed by atoms with E-state index in [0.717, 1.165) is 10.5 Å². The van der Waals surface area contributed by atoms with Crippen molar-refractivity contribution in [2.75, 3.05) is 25.5 Å². The van der Waals surface area contributed by atoms with Gasteiger partial charge in [-0.3, -0.25) is 14.4 Å². The zero-order valence-electron chi connectivity index (χ0n) is 22.4. The number of benzene rings is 2. The van der Waals surface area contributed by atoms with Crippen LogP contribution in [-0.4, -0.2) is 59.4 Å². The minimum Gasteiger partial charge on any atom is -0.497 e. The molecule has 202 valence electrons. The Morgan fingerprint density at radius 1 is 1.16 bits per heavy atom. The number of rotatable bonds is 5. The molecule has 10 heteroatoms. The van der Waals surface area contributed by atoms with Crippen LogP contribution in [0.3, 0.4) is 0 Å². The van der Waals surface area contributed by atoms with E-state index in [1.165, 1.54) is 31.9 Å². The summed E-state index contributed by atoms with van der Waals surface area (Å²) in [6, 6.07) is 8.62. The zero-order valence-corrected chi connectivity index (χ0v) is 22.4. The Bertz CT molecular complexity index is 1320. The second kappa shape index (κ2) is 9.74. The van der Waals surface area contributed by atoms with Crippen molar-refractivity contribution in [3.8, 4) is 5.75 Å². The number of fused-ring (bicyclic) bond motifs is 1. The highest BCUT2D eigenvalue weighted by molar-refractivity contribution is 6.05. The number of halogens is 1. The molecular formula is C28H32FN3O6. The van der Waals surface area contributed by atoms with E-state index in [4.69, 9.17) is 9.47 Å². The van der Waals surface area contributed by atoms with Gasteiger partial charge >= 0.3 is 6.09 Å². The molecule has 0 aliphatic carbocycles. The summed E-state index contributed by atoms with van der Waals surface area (Å²) in [6.45, 7) is 8.17. The molecule has 0 bridgehead atoms. The Kier molecular flexibility index (Phi) is 6.94. The number of nitrogens with zero attached hydrogens (tertiary/aromatic N) is 2. The number of carbonyl (C=O) groups is 4. The molecule has 4 rings (SSSR count). The topological polar surface area (TPSA) is 105 Å². The van der Waals surface area contributed by atoms with Gasteiger partial charge in [-0.05, 0) is 66.6 Å². The average Bonchev–Trinajstić information content (AvgIpc) is 3.03. The summed E-state index contributed by atoms with van der Waals surface area (Å²) in [5.74, 6) is -1.62. The van der Waals surface area contributed by atoms with Gasteiger partial charge in [0.25, 0.3) is 11.8 Å². The number of anilines is 1. The van der Waals surface area contributed by atoms with Gasteiger partial charge in [-0.2, -0.15) is 0 Å². The lowest BCUT2D eigenvalue weighted by atomic mass is 9.86. The van der Waals surface area contributed by atoms with Crippen molar-refractivity contribution in [2.45, 2.75) is 58.1 Å². The second-order valence-corrected chi connectivity index (χ2v) is 11.0. The van der Waals surface area contributed by atoms with Crippen LogP contribution in [0.15, 0.2) is 36.4 Å². The van der Waals surface area contributed by atoms with Gasteiger partial charge in [-0.1, -0.05) is 32.9 Å². The van der Waals surface area contributed by atoms with Crippen molar-refractivity contribution in [1.82, 2.24) is 9.80 Å². The molecule has 0 aromatic heterocycles. The van der Waals surface area contributed by atoms with E-state index < -0.39 is 53.2 Å². The molecule has 2 heterocycles. The van der Waals surface area contributed by atoms with Crippen LogP contribution < -0.4 is 10.1 Å². The van der Waals surface area contributed by atoms with Crippen LogP contribution in [0, 0.1) is 5.82 Å². The minimum absolute atomic E-state index is 0.162. The van der Waals surface area contributed by atoms with Crippen molar-refractivity contribution >= 4 is 29.5 Å². The van der Waals surface area contributed by atoms with E-state index in [2.05, 4.69) is 5.32 Å². The third-order valence-corrected chi connectivity index (χ3v) is 6.81. The maximum atomic E-state index is 14.8. The number of nitrogens with one attached hydrogen (secondary N) is 1.